The van der Waals surface area contributed by atoms with Crippen LogP contribution in [0.15, 0.2) is 34.9 Å². The molecule has 2 aromatic rings. The Labute approximate surface area is 135 Å². The zero-order valence-electron chi connectivity index (χ0n) is 13.1. The average molecular weight is 350 g/mol. The van der Waals surface area contributed by atoms with E-state index in [4.69, 9.17) is 5.73 Å². The van der Waals surface area contributed by atoms with E-state index in [1.807, 2.05) is 6.20 Å². The van der Waals surface area contributed by atoms with Gasteiger partial charge in [-0.2, -0.15) is 0 Å². The summed E-state index contributed by atoms with van der Waals surface area (Å²) < 4.78 is 1.11. The molecular formula is C17H24BrN3. The van der Waals surface area contributed by atoms with Gasteiger partial charge in [0.25, 0.3) is 0 Å². The fourth-order valence-electron chi connectivity index (χ4n) is 2.52. The molecular weight excluding hydrogens is 326 g/mol. The van der Waals surface area contributed by atoms with Crippen LogP contribution < -0.4 is 10.6 Å². The fraction of sp³-hybridized carbons (Fsp3) is 0.471. The van der Waals surface area contributed by atoms with Crippen LogP contribution in [0.1, 0.15) is 27.2 Å². The lowest BCUT2D eigenvalue weighted by atomic mass is 9.93. The van der Waals surface area contributed by atoms with E-state index in [9.17, 15) is 0 Å². The van der Waals surface area contributed by atoms with Gasteiger partial charge >= 0.3 is 0 Å². The second-order valence-electron chi connectivity index (χ2n) is 6.26. The number of halogens is 1. The van der Waals surface area contributed by atoms with Crippen molar-refractivity contribution in [2.75, 3.05) is 24.5 Å². The average Bonchev–Trinajstić information content (AvgIpc) is 2.47. The Morgan fingerprint density at radius 2 is 2.00 bits per heavy atom. The van der Waals surface area contributed by atoms with Gasteiger partial charge in [-0.05, 0) is 30.5 Å². The molecule has 0 unspecified atom stereocenters. The first-order valence-electron chi connectivity index (χ1n) is 7.47. The third-order valence-electron chi connectivity index (χ3n) is 3.70. The van der Waals surface area contributed by atoms with Crippen molar-refractivity contribution in [3.63, 3.8) is 0 Å². The summed E-state index contributed by atoms with van der Waals surface area (Å²) >= 11 is 3.63. The Kier molecular flexibility index (Phi) is 5.22. The molecule has 1 heterocycles. The van der Waals surface area contributed by atoms with Crippen molar-refractivity contribution >= 4 is 32.5 Å². The molecule has 0 aliphatic carbocycles. The van der Waals surface area contributed by atoms with E-state index in [0.717, 1.165) is 29.8 Å². The van der Waals surface area contributed by atoms with Gasteiger partial charge in [0, 0.05) is 34.5 Å². The summed E-state index contributed by atoms with van der Waals surface area (Å²) in [4.78, 5) is 7.01. The first-order chi connectivity index (χ1) is 9.98. The van der Waals surface area contributed by atoms with Crippen molar-refractivity contribution < 1.29 is 0 Å². The van der Waals surface area contributed by atoms with Gasteiger partial charge in [0.15, 0.2) is 0 Å². The maximum absolute atomic E-state index is 5.91. The number of benzene rings is 1. The Hall–Kier alpha value is -1.13. The monoisotopic (exact) mass is 349 g/mol. The van der Waals surface area contributed by atoms with Crippen molar-refractivity contribution in [2.24, 2.45) is 11.1 Å². The Balaban J connectivity index is 2.48. The van der Waals surface area contributed by atoms with Gasteiger partial charge in [0.05, 0.1) is 0 Å². The molecule has 0 radical (unpaired) electrons. The van der Waals surface area contributed by atoms with Crippen LogP contribution in [0.4, 0.5) is 5.82 Å². The standard InChI is InChI=1S/C17H24BrN3/c1-4-10-21(12-17(2,3)11-19)16-14-6-5-7-15(18)13(14)8-9-20-16/h5-9H,4,10-12,19H2,1-3H3. The fourth-order valence-corrected chi connectivity index (χ4v) is 3.01. The lowest BCUT2D eigenvalue weighted by molar-refractivity contribution is 0.377. The molecule has 4 heteroatoms. The van der Waals surface area contributed by atoms with Crippen LogP contribution >= 0.6 is 15.9 Å². The summed E-state index contributed by atoms with van der Waals surface area (Å²) in [5.41, 5.74) is 5.99. The summed E-state index contributed by atoms with van der Waals surface area (Å²) in [6.45, 7) is 9.18. The van der Waals surface area contributed by atoms with Crippen LogP contribution in [-0.4, -0.2) is 24.6 Å². The normalized spacial score (nSPS) is 11.9. The number of pyridine rings is 1. The second-order valence-corrected chi connectivity index (χ2v) is 7.11. The van der Waals surface area contributed by atoms with Gasteiger partial charge < -0.3 is 10.6 Å². The number of nitrogens with zero attached hydrogens (tertiary/aromatic N) is 2. The predicted octanol–water partition coefficient (Wildman–Crippen LogP) is 4.20. The van der Waals surface area contributed by atoms with Crippen LogP contribution in [0, 0.1) is 5.41 Å². The van der Waals surface area contributed by atoms with E-state index >= 15 is 0 Å². The lowest BCUT2D eigenvalue weighted by Crippen LogP contribution is -2.39. The van der Waals surface area contributed by atoms with Gasteiger partial charge in [-0.25, -0.2) is 4.98 Å². The largest absolute Gasteiger partial charge is 0.356 e. The summed E-state index contributed by atoms with van der Waals surface area (Å²) in [6.07, 6.45) is 2.98. The Morgan fingerprint density at radius 1 is 1.24 bits per heavy atom. The molecule has 0 atom stereocenters. The van der Waals surface area contributed by atoms with E-state index in [1.54, 1.807) is 0 Å². The first-order valence-corrected chi connectivity index (χ1v) is 8.26. The molecule has 0 aliphatic heterocycles. The van der Waals surface area contributed by atoms with Crippen LogP contribution in [0.5, 0.6) is 0 Å². The number of hydrogen-bond acceptors (Lipinski definition) is 3. The molecule has 2 rings (SSSR count). The molecule has 0 saturated carbocycles. The minimum atomic E-state index is 0.0744. The number of fused-ring (bicyclic) bond motifs is 1. The maximum atomic E-state index is 5.91. The van der Waals surface area contributed by atoms with Crippen LogP contribution in [-0.2, 0) is 0 Å². The van der Waals surface area contributed by atoms with Crippen molar-refractivity contribution in [3.05, 3.63) is 34.9 Å². The zero-order chi connectivity index (χ0) is 15.5. The Morgan fingerprint density at radius 3 is 2.67 bits per heavy atom. The molecule has 0 saturated heterocycles. The van der Waals surface area contributed by atoms with E-state index < -0.39 is 0 Å². The highest BCUT2D eigenvalue weighted by Gasteiger charge is 2.22. The molecule has 0 aliphatic rings. The summed E-state index contributed by atoms with van der Waals surface area (Å²) in [5.74, 6) is 1.05. The topological polar surface area (TPSA) is 42.1 Å². The molecule has 21 heavy (non-hydrogen) atoms. The van der Waals surface area contributed by atoms with Crippen molar-refractivity contribution in [2.45, 2.75) is 27.2 Å². The van der Waals surface area contributed by atoms with Crippen molar-refractivity contribution in [1.29, 1.82) is 0 Å². The number of hydrogen-bond donors (Lipinski definition) is 1. The Bertz CT molecular complexity index is 610. The maximum Gasteiger partial charge on any atom is 0.136 e. The van der Waals surface area contributed by atoms with Gasteiger partial charge in [-0.1, -0.05) is 48.8 Å². The van der Waals surface area contributed by atoms with Gasteiger partial charge in [0.2, 0.25) is 0 Å². The summed E-state index contributed by atoms with van der Waals surface area (Å²) in [5, 5.41) is 2.39. The minimum Gasteiger partial charge on any atom is -0.356 e. The molecule has 114 valence electrons. The molecule has 0 amide bonds. The minimum absolute atomic E-state index is 0.0744. The van der Waals surface area contributed by atoms with E-state index in [2.05, 4.69) is 70.9 Å². The highest BCUT2D eigenvalue weighted by Crippen LogP contribution is 2.31. The van der Waals surface area contributed by atoms with Crippen molar-refractivity contribution in [1.82, 2.24) is 4.98 Å². The predicted molar refractivity (Wildman–Crippen MR) is 94.8 cm³/mol. The van der Waals surface area contributed by atoms with Gasteiger partial charge in [0.1, 0.15) is 5.82 Å². The zero-order valence-corrected chi connectivity index (χ0v) is 14.7. The third kappa shape index (κ3) is 3.74. The smallest absolute Gasteiger partial charge is 0.136 e. The SMILES string of the molecule is CCCN(CC(C)(C)CN)c1nccc2c(Br)cccc12. The molecule has 1 aromatic carbocycles. The number of aromatic nitrogens is 1. The van der Waals surface area contributed by atoms with Crippen LogP contribution in [0.2, 0.25) is 0 Å². The third-order valence-corrected chi connectivity index (χ3v) is 4.39. The second kappa shape index (κ2) is 6.75. The summed E-state index contributed by atoms with van der Waals surface area (Å²) in [7, 11) is 0. The van der Waals surface area contributed by atoms with Crippen molar-refractivity contribution in [3.8, 4) is 0 Å². The summed E-state index contributed by atoms with van der Waals surface area (Å²) in [6, 6.07) is 8.33. The number of rotatable bonds is 6. The highest BCUT2D eigenvalue weighted by molar-refractivity contribution is 9.10. The highest BCUT2D eigenvalue weighted by atomic mass is 79.9. The van der Waals surface area contributed by atoms with Gasteiger partial charge in [-0.15, -0.1) is 0 Å². The van der Waals surface area contributed by atoms with Gasteiger partial charge in [-0.3, -0.25) is 0 Å². The quantitative estimate of drug-likeness (QED) is 0.849. The lowest BCUT2D eigenvalue weighted by Gasteiger charge is -2.33. The first kappa shape index (κ1) is 16.2. The molecule has 2 N–H and O–H groups in total. The number of nitrogens with two attached hydrogens (primary N) is 1. The molecule has 0 fully saturated rings. The molecule has 0 bridgehead atoms. The van der Waals surface area contributed by atoms with E-state index in [0.29, 0.717) is 6.54 Å². The van der Waals surface area contributed by atoms with E-state index in [1.165, 1.54) is 10.8 Å². The number of anilines is 1. The molecule has 0 spiro atoms. The molecule has 3 nitrogen and oxygen atoms in total. The van der Waals surface area contributed by atoms with Crippen LogP contribution in [0.3, 0.4) is 0 Å². The van der Waals surface area contributed by atoms with E-state index in [-0.39, 0.29) is 5.41 Å². The molecule has 1 aromatic heterocycles. The van der Waals surface area contributed by atoms with Crippen LogP contribution in [0.25, 0.3) is 10.8 Å².